The molecule has 6 heteroatoms. The molecule has 0 N–H and O–H groups in total. The molecule has 0 aromatic carbocycles. The molecule has 0 aromatic heterocycles. The Kier molecular flexibility index (Phi) is 9.78. The SMILES string of the molecule is C[N+](C)(C)CCCCCCCC[N+](C)(C)CCCS(=O)(=O)[O-]. The van der Waals surface area contributed by atoms with Crippen molar-refractivity contribution in [2.24, 2.45) is 0 Å². The topological polar surface area (TPSA) is 57.2 Å². The highest BCUT2D eigenvalue weighted by Gasteiger charge is 2.14. The standard InChI is InChI=1S/C16H37N2O3S/c1-17(2,3)13-10-8-6-7-9-11-14-18(4,5)15-12-16-22(19,20)21/h6-16H2,1-5H3/q+1. The van der Waals surface area contributed by atoms with Crippen molar-refractivity contribution in [1.82, 2.24) is 0 Å². The van der Waals surface area contributed by atoms with E-state index in [1.54, 1.807) is 0 Å². The van der Waals surface area contributed by atoms with Crippen LogP contribution in [-0.2, 0) is 10.1 Å². The van der Waals surface area contributed by atoms with Gasteiger partial charge in [0.1, 0.15) is 0 Å². The van der Waals surface area contributed by atoms with Crippen LogP contribution in [0.3, 0.4) is 0 Å². The van der Waals surface area contributed by atoms with Gasteiger partial charge in [-0.25, -0.2) is 8.42 Å². The van der Waals surface area contributed by atoms with Crippen molar-refractivity contribution in [3.63, 3.8) is 0 Å². The first-order valence-corrected chi connectivity index (χ1v) is 10.1. The van der Waals surface area contributed by atoms with Crippen LogP contribution in [0.25, 0.3) is 0 Å². The molecule has 0 radical (unpaired) electrons. The maximum atomic E-state index is 10.6. The van der Waals surface area contributed by atoms with Crippen LogP contribution in [0.2, 0.25) is 0 Å². The third-order valence-electron chi connectivity index (χ3n) is 4.00. The Morgan fingerprint density at radius 1 is 0.682 bits per heavy atom. The summed E-state index contributed by atoms with van der Waals surface area (Å²) in [4.78, 5) is 0. The van der Waals surface area contributed by atoms with Gasteiger partial charge < -0.3 is 13.5 Å². The van der Waals surface area contributed by atoms with Crippen LogP contribution in [0.5, 0.6) is 0 Å². The van der Waals surface area contributed by atoms with Crippen LogP contribution in [0.15, 0.2) is 0 Å². The zero-order valence-corrected chi connectivity index (χ0v) is 16.1. The van der Waals surface area contributed by atoms with E-state index in [0.29, 0.717) is 6.42 Å². The Morgan fingerprint density at radius 2 is 1.09 bits per heavy atom. The van der Waals surface area contributed by atoms with Crippen molar-refractivity contribution < 1.29 is 21.9 Å². The lowest BCUT2D eigenvalue weighted by Crippen LogP contribution is -2.41. The zero-order valence-electron chi connectivity index (χ0n) is 15.3. The molecule has 0 amide bonds. The number of quaternary nitrogens is 2. The highest BCUT2D eigenvalue weighted by Crippen LogP contribution is 2.10. The number of unbranched alkanes of at least 4 members (excludes halogenated alkanes) is 5. The second kappa shape index (κ2) is 9.85. The smallest absolute Gasteiger partial charge is 0.0948 e. The van der Waals surface area contributed by atoms with E-state index in [2.05, 4.69) is 35.2 Å². The molecule has 0 heterocycles. The van der Waals surface area contributed by atoms with E-state index in [4.69, 9.17) is 0 Å². The minimum atomic E-state index is -4.06. The van der Waals surface area contributed by atoms with Crippen LogP contribution in [0, 0.1) is 0 Å². The number of nitrogens with zero attached hydrogens (tertiary/aromatic N) is 2. The molecule has 0 spiro atoms. The Morgan fingerprint density at radius 3 is 1.55 bits per heavy atom. The van der Waals surface area contributed by atoms with Gasteiger partial charge in [0, 0.05) is 12.2 Å². The summed E-state index contributed by atoms with van der Waals surface area (Å²) < 4.78 is 33.7. The van der Waals surface area contributed by atoms with E-state index < -0.39 is 10.1 Å². The van der Waals surface area contributed by atoms with Crippen molar-refractivity contribution in [2.45, 2.75) is 44.9 Å². The van der Waals surface area contributed by atoms with Crippen molar-refractivity contribution in [1.29, 1.82) is 0 Å². The van der Waals surface area contributed by atoms with Crippen LogP contribution in [-0.4, -0.2) is 82.6 Å². The lowest BCUT2D eigenvalue weighted by Gasteiger charge is -2.30. The van der Waals surface area contributed by atoms with Gasteiger partial charge in [-0.3, -0.25) is 0 Å². The molecule has 0 fully saturated rings. The molecule has 5 nitrogen and oxygen atoms in total. The molecule has 22 heavy (non-hydrogen) atoms. The lowest BCUT2D eigenvalue weighted by molar-refractivity contribution is -0.890. The predicted molar refractivity (Wildman–Crippen MR) is 91.6 cm³/mol. The van der Waals surface area contributed by atoms with Gasteiger partial charge in [-0.15, -0.1) is 0 Å². The highest BCUT2D eigenvalue weighted by molar-refractivity contribution is 7.85. The fourth-order valence-electron chi connectivity index (χ4n) is 2.61. The third kappa shape index (κ3) is 16.2. The first kappa shape index (κ1) is 21.8. The average Bonchev–Trinajstić information content (AvgIpc) is 2.29. The monoisotopic (exact) mass is 337 g/mol. The Hall–Kier alpha value is -0.170. The van der Waals surface area contributed by atoms with Crippen molar-refractivity contribution in [2.75, 3.05) is 60.6 Å². The molecular formula is C16H37N2O3S+. The van der Waals surface area contributed by atoms with E-state index in [1.807, 2.05) is 0 Å². The molecule has 0 aliphatic rings. The normalized spacial score (nSPS) is 13.5. The summed E-state index contributed by atoms with van der Waals surface area (Å²) in [5.74, 6) is -0.235. The first-order chi connectivity index (χ1) is 9.91. The fourth-order valence-corrected chi connectivity index (χ4v) is 3.10. The van der Waals surface area contributed by atoms with Gasteiger partial charge in [0.05, 0.1) is 65.0 Å². The minimum Gasteiger partial charge on any atom is -0.748 e. The summed E-state index contributed by atoms with van der Waals surface area (Å²) in [6.07, 6.45) is 8.08. The summed E-state index contributed by atoms with van der Waals surface area (Å²) in [5, 5.41) is 0. The van der Waals surface area contributed by atoms with Crippen molar-refractivity contribution in [3.8, 4) is 0 Å². The van der Waals surface area contributed by atoms with E-state index in [1.165, 1.54) is 45.1 Å². The molecular weight excluding hydrogens is 300 g/mol. The molecule has 134 valence electrons. The van der Waals surface area contributed by atoms with Crippen LogP contribution in [0.4, 0.5) is 0 Å². The molecule has 0 bridgehead atoms. The fraction of sp³-hybridized carbons (Fsp3) is 1.00. The zero-order chi connectivity index (χ0) is 17.3. The third-order valence-corrected chi connectivity index (χ3v) is 4.79. The van der Waals surface area contributed by atoms with Gasteiger partial charge in [0.25, 0.3) is 0 Å². The summed E-state index contributed by atoms with van der Waals surface area (Å²) in [6, 6.07) is 0. The second-order valence-electron chi connectivity index (χ2n) is 8.13. The van der Waals surface area contributed by atoms with Crippen molar-refractivity contribution >= 4 is 10.1 Å². The molecule has 0 aliphatic carbocycles. The quantitative estimate of drug-likeness (QED) is 0.294. The molecule has 0 aliphatic heterocycles. The van der Waals surface area contributed by atoms with Gasteiger partial charge in [-0.1, -0.05) is 12.8 Å². The largest absolute Gasteiger partial charge is 0.748 e. The van der Waals surface area contributed by atoms with Gasteiger partial charge in [0.15, 0.2) is 0 Å². The van der Waals surface area contributed by atoms with Gasteiger partial charge in [-0.2, -0.15) is 0 Å². The van der Waals surface area contributed by atoms with Crippen LogP contribution in [0.1, 0.15) is 44.9 Å². The van der Waals surface area contributed by atoms with Gasteiger partial charge >= 0.3 is 0 Å². The summed E-state index contributed by atoms with van der Waals surface area (Å²) in [7, 11) is 6.87. The Labute approximate surface area is 138 Å². The number of hydrogen-bond donors (Lipinski definition) is 0. The maximum Gasteiger partial charge on any atom is 0.0948 e. The lowest BCUT2D eigenvalue weighted by atomic mass is 10.1. The number of rotatable bonds is 13. The Balaban J connectivity index is 3.56. The Bertz CT molecular complexity index is 387. The van der Waals surface area contributed by atoms with E-state index in [0.717, 1.165) is 22.1 Å². The molecule has 0 rings (SSSR count). The molecule has 0 saturated carbocycles. The molecule has 0 aromatic rings. The maximum absolute atomic E-state index is 10.6. The predicted octanol–water partition coefficient (Wildman–Crippen LogP) is 2.04. The van der Waals surface area contributed by atoms with E-state index >= 15 is 0 Å². The van der Waals surface area contributed by atoms with Crippen LogP contribution >= 0.6 is 0 Å². The van der Waals surface area contributed by atoms with E-state index in [-0.39, 0.29) is 5.75 Å². The van der Waals surface area contributed by atoms with Crippen molar-refractivity contribution in [3.05, 3.63) is 0 Å². The highest BCUT2D eigenvalue weighted by atomic mass is 32.2. The summed E-state index contributed by atoms with van der Waals surface area (Å²) in [5.41, 5.74) is 0. The summed E-state index contributed by atoms with van der Waals surface area (Å²) in [6.45, 7) is 3.05. The average molecular weight is 338 g/mol. The first-order valence-electron chi connectivity index (χ1n) is 8.47. The van der Waals surface area contributed by atoms with E-state index in [9.17, 15) is 13.0 Å². The molecule has 0 saturated heterocycles. The second-order valence-corrected chi connectivity index (χ2v) is 9.66. The minimum absolute atomic E-state index is 0.235. The van der Waals surface area contributed by atoms with Gasteiger partial charge in [-0.05, 0) is 25.7 Å². The van der Waals surface area contributed by atoms with Crippen LogP contribution < -0.4 is 0 Å². The summed E-state index contributed by atoms with van der Waals surface area (Å²) >= 11 is 0. The number of hydrogen-bond acceptors (Lipinski definition) is 3. The molecule has 0 unspecified atom stereocenters. The van der Waals surface area contributed by atoms with Gasteiger partial charge in [0.2, 0.25) is 0 Å². The molecule has 0 atom stereocenters.